The highest BCUT2D eigenvalue weighted by Gasteiger charge is 2.17. The Balaban J connectivity index is 2.19. The molecule has 2 aromatic rings. The number of carbonyl (C=O) groups excluding carboxylic acids is 1. The van der Waals surface area contributed by atoms with Gasteiger partial charge in [0.25, 0.3) is 5.91 Å². The summed E-state index contributed by atoms with van der Waals surface area (Å²) < 4.78 is 34.4. The van der Waals surface area contributed by atoms with Crippen LogP contribution in [0.1, 0.15) is 29.7 Å². The number of halogens is 2. The van der Waals surface area contributed by atoms with Crippen LogP contribution in [-0.2, 0) is 14.5 Å². The summed E-state index contributed by atoms with van der Waals surface area (Å²) in [5.41, 5.74) is 1.79. The third kappa shape index (κ3) is 6.39. The van der Waals surface area contributed by atoms with E-state index in [2.05, 4.69) is 20.4 Å². The Morgan fingerprint density at radius 3 is 2.52 bits per heavy atom. The molecule has 0 radical (unpaired) electrons. The minimum absolute atomic E-state index is 0.0787. The van der Waals surface area contributed by atoms with Crippen LogP contribution < -0.4 is 14.8 Å². The molecule has 0 aromatic heterocycles. The Labute approximate surface area is 178 Å². The Hall–Kier alpha value is -3.69. The second-order valence-corrected chi connectivity index (χ2v) is 6.06. The van der Waals surface area contributed by atoms with Crippen molar-refractivity contribution >= 4 is 17.8 Å². The Morgan fingerprint density at radius 1 is 1.13 bits per heavy atom. The third-order valence-corrected chi connectivity index (χ3v) is 4.12. The number of hydrogen-bond acceptors (Lipinski definition) is 7. The number of benzene rings is 2. The third-order valence-electron chi connectivity index (χ3n) is 4.12. The van der Waals surface area contributed by atoms with Crippen molar-refractivity contribution in [3.63, 3.8) is 0 Å². The highest BCUT2D eigenvalue weighted by atomic mass is 19.3. The molecule has 0 fully saturated rings. The van der Waals surface area contributed by atoms with Gasteiger partial charge in [0.15, 0.2) is 17.2 Å². The molecule has 2 rings (SSSR count). The number of methoxy groups -OCH3 is 1. The first-order chi connectivity index (χ1) is 14.9. The van der Waals surface area contributed by atoms with E-state index in [9.17, 15) is 13.6 Å². The maximum Gasteiger partial charge on any atom is 0.387 e. The van der Waals surface area contributed by atoms with Gasteiger partial charge < -0.3 is 24.5 Å². The average Bonchev–Trinajstić information content (AvgIpc) is 2.77. The van der Waals surface area contributed by atoms with Gasteiger partial charge in [-0.1, -0.05) is 40.6 Å². The van der Waals surface area contributed by atoms with E-state index in [1.54, 1.807) is 37.3 Å². The summed E-state index contributed by atoms with van der Waals surface area (Å²) >= 11 is 0. The van der Waals surface area contributed by atoms with Crippen LogP contribution in [0.15, 0.2) is 52.8 Å². The Morgan fingerprint density at radius 2 is 1.87 bits per heavy atom. The molecule has 0 saturated carbocycles. The SMILES string of the molecule is CNC(=O)C(=NOC)c1ccccc1C=NOC(C)c1ccc(OC(F)F)c(OC)c1. The minimum Gasteiger partial charge on any atom is -0.493 e. The van der Waals surface area contributed by atoms with Crippen molar-refractivity contribution in [1.29, 1.82) is 0 Å². The Kier molecular flexibility index (Phi) is 8.74. The quantitative estimate of drug-likeness (QED) is 0.456. The zero-order chi connectivity index (χ0) is 22.8. The molecule has 31 heavy (non-hydrogen) atoms. The van der Waals surface area contributed by atoms with Crippen LogP contribution in [0.25, 0.3) is 0 Å². The summed E-state index contributed by atoms with van der Waals surface area (Å²) in [5, 5.41) is 10.3. The zero-order valence-corrected chi connectivity index (χ0v) is 17.5. The van der Waals surface area contributed by atoms with Crippen molar-refractivity contribution in [2.75, 3.05) is 21.3 Å². The second-order valence-electron chi connectivity index (χ2n) is 6.06. The van der Waals surface area contributed by atoms with E-state index in [0.717, 1.165) is 0 Å². The summed E-state index contributed by atoms with van der Waals surface area (Å²) in [6, 6.07) is 11.4. The number of hydrogen-bond donors (Lipinski definition) is 1. The molecule has 0 aliphatic rings. The van der Waals surface area contributed by atoms with Gasteiger partial charge in [-0.05, 0) is 24.6 Å². The fraction of sp³-hybridized carbons (Fsp3) is 0.286. The summed E-state index contributed by atoms with van der Waals surface area (Å²) in [4.78, 5) is 22.4. The Bertz CT molecular complexity index is 950. The van der Waals surface area contributed by atoms with Gasteiger partial charge in [0, 0.05) is 18.2 Å². The van der Waals surface area contributed by atoms with E-state index in [0.29, 0.717) is 16.7 Å². The number of rotatable bonds is 10. The summed E-state index contributed by atoms with van der Waals surface area (Å²) in [6.45, 7) is -1.23. The molecular formula is C21H23F2N3O5. The molecule has 1 atom stereocenters. The van der Waals surface area contributed by atoms with Crippen molar-refractivity contribution < 1.29 is 32.7 Å². The summed E-state index contributed by atoms with van der Waals surface area (Å²) in [7, 11) is 4.18. The molecule has 2 aromatic carbocycles. The lowest BCUT2D eigenvalue weighted by atomic mass is 10.0. The van der Waals surface area contributed by atoms with Crippen LogP contribution in [0, 0.1) is 0 Å². The van der Waals surface area contributed by atoms with Crippen LogP contribution in [0.3, 0.4) is 0 Å². The number of alkyl halides is 2. The first kappa shape index (κ1) is 23.6. The number of carbonyl (C=O) groups is 1. The van der Waals surface area contributed by atoms with Gasteiger partial charge in [-0.3, -0.25) is 4.79 Å². The largest absolute Gasteiger partial charge is 0.493 e. The van der Waals surface area contributed by atoms with E-state index in [4.69, 9.17) is 14.4 Å². The maximum atomic E-state index is 12.5. The number of amides is 1. The van der Waals surface area contributed by atoms with E-state index in [1.165, 1.54) is 39.6 Å². The standard InChI is InChI=1S/C21H23F2N3O5/c1-13(14-9-10-17(30-21(22)23)18(11-14)28-3)31-25-12-15-7-5-6-8-16(15)19(26-29-4)20(27)24-2/h5-13,21H,1-4H3,(H,24,27). The van der Waals surface area contributed by atoms with Gasteiger partial charge in [0.05, 0.1) is 13.3 Å². The molecular weight excluding hydrogens is 412 g/mol. The van der Waals surface area contributed by atoms with Gasteiger partial charge in [0.2, 0.25) is 0 Å². The molecule has 0 spiro atoms. The van der Waals surface area contributed by atoms with E-state index in [-0.39, 0.29) is 17.2 Å². The number of nitrogens with zero attached hydrogens (tertiary/aromatic N) is 2. The normalized spacial score (nSPS) is 12.5. The number of ether oxygens (including phenoxy) is 2. The summed E-state index contributed by atoms with van der Waals surface area (Å²) in [5.74, 6) is -0.353. The lowest BCUT2D eigenvalue weighted by molar-refractivity contribution is -0.114. The summed E-state index contributed by atoms with van der Waals surface area (Å²) in [6.07, 6.45) is 0.912. The smallest absolute Gasteiger partial charge is 0.387 e. The molecule has 0 aliphatic carbocycles. The van der Waals surface area contributed by atoms with Gasteiger partial charge in [-0.2, -0.15) is 8.78 Å². The lowest BCUT2D eigenvalue weighted by Crippen LogP contribution is -2.29. The topological polar surface area (TPSA) is 90.7 Å². The zero-order valence-electron chi connectivity index (χ0n) is 17.5. The molecule has 10 heteroatoms. The molecule has 0 aliphatic heterocycles. The first-order valence-corrected chi connectivity index (χ1v) is 9.15. The fourth-order valence-electron chi connectivity index (χ4n) is 2.62. The van der Waals surface area contributed by atoms with Crippen molar-refractivity contribution in [2.24, 2.45) is 10.3 Å². The van der Waals surface area contributed by atoms with Gasteiger partial charge in [-0.25, -0.2) is 0 Å². The minimum atomic E-state index is -2.96. The predicted molar refractivity (Wildman–Crippen MR) is 111 cm³/mol. The van der Waals surface area contributed by atoms with E-state index >= 15 is 0 Å². The molecule has 0 saturated heterocycles. The van der Waals surface area contributed by atoms with Crippen molar-refractivity contribution in [3.8, 4) is 11.5 Å². The van der Waals surface area contributed by atoms with E-state index < -0.39 is 18.6 Å². The van der Waals surface area contributed by atoms with Crippen LogP contribution in [-0.4, -0.2) is 45.7 Å². The van der Waals surface area contributed by atoms with E-state index in [1.807, 2.05) is 0 Å². The predicted octanol–water partition coefficient (Wildman–Crippen LogP) is 3.50. The number of oxime groups is 2. The monoisotopic (exact) mass is 435 g/mol. The molecule has 1 amide bonds. The molecule has 8 nitrogen and oxygen atoms in total. The highest BCUT2D eigenvalue weighted by Crippen LogP contribution is 2.32. The van der Waals surface area contributed by atoms with Crippen LogP contribution in [0.5, 0.6) is 11.5 Å². The second kappa shape index (κ2) is 11.5. The van der Waals surface area contributed by atoms with Crippen LogP contribution in [0.2, 0.25) is 0 Å². The first-order valence-electron chi connectivity index (χ1n) is 9.15. The maximum absolute atomic E-state index is 12.5. The average molecular weight is 435 g/mol. The van der Waals surface area contributed by atoms with Gasteiger partial charge >= 0.3 is 6.61 Å². The number of nitrogens with one attached hydrogen (secondary N) is 1. The number of likely N-dealkylation sites (N-methyl/N-ethyl adjacent to an activating group) is 1. The van der Waals surface area contributed by atoms with Crippen molar-refractivity contribution in [3.05, 3.63) is 59.2 Å². The molecule has 1 N–H and O–H groups in total. The van der Waals surface area contributed by atoms with Gasteiger partial charge in [-0.15, -0.1) is 0 Å². The lowest BCUT2D eigenvalue weighted by Gasteiger charge is -2.14. The van der Waals surface area contributed by atoms with Crippen LogP contribution >= 0.6 is 0 Å². The molecule has 0 bridgehead atoms. The van der Waals surface area contributed by atoms with Crippen molar-refractivity contribution in [2.45, 2.75) is 19.6 Å². The highest BCUT2D eigenvalue weighted by molar-refractivity contribution is 6.46. The van der Waals surface area contributed by atoms with Crippen LogP contribution in [0.4, 0.5) is 8.78 Å². The van der Waals surface area contributed by atoms with Gasteiger partial charge in [0.1, 0.15) is 13.2 Å². The molecule has 166 valence electrons. The molecule has 1 unspecified atom stereocenters. The van der Waals surface area contributed by atoms with Crippen molar-refractivity contribution in [1.82, 2.24) is 5.32 Å². The fourth-order valence-corrected chi connectivity index (χ4v) is 2.62. The molecule has 0 heterocycles.